The van der Waals surface area contributed by atoms with Crippen LogP contribution in [-0.4, -0.2) is 65.1 Å². The van der Waals surface area contributed by atoms with Crippen molar-refractivity contribution in [2.24, 2.45) is 0 Å². The summed E-state index contributed by atoms with van der Waals surface area (Å²) in [5, 5.41) is 0. The molecule has 0 aromatic carbocycles. The van der Waals surface area contributed by atoms with Crippen molar-refractivity contribution in [1.82, 2.24) is 0 Å². The molecule has 0 amide bonds. The Bertz CT molecular complexity index is 319. The van der Waals surface area contributed by atoms with Gasteiger partial charge in [0.05, 0.1) is 0 Å². The summed E-state index contributed by atoms with van der Waals surface area (Å²) in [6.07, 6.45) is 3.91. The second kappa shape index (κ2) is 14.6. The number of Topliss-reactive ketones (excluding diaryl/α,β-unsaturated/α-hetero) is 1. The second-order valence-corrected chi connectivity index (χ2v) is 5.45. The lowest BCUT2D eigenvalue weighted by atomic mass is 10.4. The highest BCUT2D eigenvalue weighted by Gasteiger charge is 2.14. The van der Waals surface area contributed by atoms with Crippen LogP contribution in [0, 0.1) is 0 Å². The minimum absolute atomic E-state index is 0.116. The van der Waals surface area contributed by atoms with Crippen molar-refractivity contribution in [1.29, 1.82) is 0 Å². The van der Waals surface area contributed by atoms with Crippen LogP contribution < -0.4 is 0 Å². The van der Waals surface area contributed by atoms with Gasteiger partial charge in [0, 0.05) is 38.8 Å². The summed E-state index contributed by atoms with van der Waals surface area (Å²) < 4.78 is 19.8. The number of methoxy groups -OCH3 is 4. The lowest BCUT2D eigenvalue weighted by Gasteiger charge is -2.09. The highest BCUT2D eigenvalue weighted by molar-refractivity contribution is 8.21. The van der Waals surface area contributed by atoms with E-state index in [4.69, 9.17) is 9.47 Å². The molecule has 0 unspecified atom stereocenters. The molecule has 0 spiro atoms. The van der Waals surface area contributed by atoms with Gasteiger partial charge in [-0.2, -0.15) is 0 Å². The van der Waals surface area contributed by atoms with Crippen molar-refractivity contribution in [2.45, 2.75) is 19.5 Å². The third kappa shape index (κ3) is 10.9. The molecule has 21 heavy (non-hydrogen) atoms. The molecule has 0 bridgehead atoms. The van der Waals surface area contributed by atoms with Crippen LogP contribution in [0.25, 0.3) is 0 Å². The molecule has 124 valence electrons. The molecular formula is C13H24O6S2. The average Bonchev–Trinajstić information content (AvgIpc) is 2.47. The monoisotopic (exact) mass is 340 g/mol. The maximum absolute atomic E-state index is 11.4. The lowest BCUT2D eigenvalue weighted by molar-refractivity contribution is -0.154. The van der Waals surface area contributed by atoms with E-state index >= 15 is 0 Å². The number of hydrogen-bond donors (Lipinski definition) is 0. The number of thioether (sulfide) groups is 2. The van der Waals surface area contributed by atoms with Crippen LogP contribution in [0.3, 0.4) is 0 Å². The number of hydrogen-bond acceptors (Lipinski definition) is 8. The summed E-state index contributed by atoms with van der Waals surface area (Å²) in [7, 11) is 5.74. The van der Waals surface area contributed by atoms with E-state index in [1.54, 1.807) is 0 Å². The maximum Gasteiger partial charge on any atom is 0.221 e. The van der Waals surface area contributed by atoms with Crippen molar-refractivity contribution in [3.63, 3.8) is 0 Å². The van der Waals surface area contributed by atoms with Gasteiger partial charge in [-0.3, -0.25) is 9.59 Å². The van der Waals surface area contributed by atoms with Crippen LogP contribution in [0.1, 0.15) is 6.92 Å². The third-order valence-electron chi connectivity index (χ3n) is 2.08. The molecule has 0 fully saturated rings. The van der Waals surface area contributed by atoms with Crippen molar-refractivity contribution in [3.8, 4) is 0 Å². The van der Waals surface area contributed by atoms with Crippen LogP contribution in [0.5, 0.6) is 0 Å². The molecule has 0 atom stereocenters. The van der Waals surface area contributed by atoms with Gasteiger partial charge in [-0.05, 0) is 19.4 Å². The largest absolute Gasteiger partial charge is 0.349 e. The topological polar surface area (TPSA) is 71.1 Å². The molecule has 0 aliphatic rings. The molecule has 6 nitrogen and oxygen atoms in total. The first-order valence-corrected chi connectivity index (χ1v) is 8.31. The van der Waals surface area contributed by atoms with E-state index in [9.17, 15) is 9.59 Å². The first-order valence-electron chi connectivity index (χ1n) is 5.86. The molecule has 0 heterocycles. The number of carbonyl (C=O) groups is 2. The van der Waals surface area contributed by atoms with Crippen LogP contribution in [0.4, 0.5) is 0 Å². The smallest absolute Gasteiger partial charge is 0.221 e. The van der Waals surface area contributed by atoms with Crippen molar-refractivity contribution < 1.29 is 28.5 Å². The molecular weight excluding hydrogens is 316 g/mol. The Hall–Kier alpha value is -0.380. The second-order valence-electron chi connectivity index (χ2n) is 3.49. The Morgan fingerprint density at radius 2 is 1.24 bits per heavy atom. The highest BCUT2D eigenvalue weighted by atomic mass is 32.2. The van der Waals surface area contributed by atoms with Gasteiger partial charge in [0.1, 0.15) is 0 Å². The Morgan fingerprint density at radius 3 is 1.43 bits per heavy atom. The van der Waals surface area contributed by atoms with Crippen molar-refractivity contribution in [2.75, 3.05) is 41.0 Å². The van der Waals surface area contributed by atoms with Crippen LogP contribution >= 0.6 is 23.5 Å². The van der Waals surface area contributed by atoms with E-state index in [0.29, 0.717) is 0 Å². The van der Waals surface area contributed by atoms with Gasteiger partial charge in [0.15, 0.2) is 5.78 Å². The van der Waals surface area contributed by atoms with Gasteiger partial charge in [0.25, 0.3) is 0 Å². The Labute approximate surface area is 134 Å². The minimum Gasteiger partial charge on any atom is -0.349 e. The molecule has 0 N–H and O–H groups in total. The lowest BCUT2D eigenvalue weighted by Crippen LogP contribution is -2.23. The van der Waals surface area contributed by atoms with Gasteiger partial charge < -0.3 is 18.9 Å². The van der Waals surface area contributed by atoms with Crippen LogP contribution in [0.15, 0.2) is 10.3 Å². The third-order valence-corrected chi connectivity index (χ3v) is 4.12. The summed E-state index contributed by atoms with van der Waals surface area (Å²) in [6, 6.07) is 0. The fourth-order valence-corrected chi connectivity index (χ4v) is 2.28. The Balaban J connectivity index is 0. The van der Waals surface area contributed by atoms with Crippen molar-refractivity contribution >= 4 is 35.1 Å². The molecule has 0 aromatic heterocycles. The molecule has 0 aromatic rings. The fraction of sp³-hybridized carbons (Fsp3) is 0.692. The van der Waals surface area contributed by atoms with Gasteiger partial charge in [-0.1, -0.05) is 0 Å². The minimum atomic E-state index is -0.783. The number of carbonyl (C=O) groups excluding carboxylic acids is 2. The normalized spacial score (nSPS) is 10.1. The first kappa shape index (κ1) is 22.9. The van der Waals surface area contributed by atoms with E-state index in [0.717, 1.165) is 4.24 Å². The Kier molecular flexibility index (Phi) is 15.9. The molecule has 0 saturated heterocycles. The summed E-state index contributed by atoms with van der Waals surface area (Å²) >= 11 is 3.06. The number of ether oxygens (including phenoxy) is 4. The van der Waals surface area contributed by atoms with Gasteiger partial charge in [-0.15, -0.1) is 23.5 Å². The van der Waals surface area contributed by atoms with Crippen LogP contribution in [0.2, 0.25) is 0 Å². The van der Waals surface area contributed by atoms with E-state index in [2.05, 4.69) is 9.47 Å². The van der Waals surface area contributed by atoms with Crippen molar-refractivity contribution in [3.05, 3.63) is 10.3 Å². The van der Waals surface area contributed by atoms with Gasteiger partial charge in [-0.25, -0.2) is 0 Å². The molecule has 0 aliphatic carbocycles. The number of ketones is 2. The quantitative estimate of drug-likeness (QED) is 0.466. The zero-order chi connectivity index (χ0) is 16.8. The average molecular weight is 340 g/mol. The van der Waals surface area contributed by atoms with Gasteiger partial charge in [0.2, 0.25) is 18.4 Å². The maximum atomic E-state index is 11.4. The first-order chi connectivity index (χ1) is 9.91. The SMILES string of the molecule is COC(OC)C(=O)C=C(SC)SC.COC(OC)C(C)=O. The van der Waals surface area contributed by atoms with E-state index in [1.807, 2.05) is 12.5 Å². The Morgan fingerprint density at radius 1 is 0.857 bits per heavy atom. The van der Waals surface area contributed by atoms with E-state index in [-0.39, 0.29) is 11.6 Å². The molecule has 8 heteroatoms. The predicted octanol–water partition coefficient (Wildman–Crippen LogP) is 1.94. The summed E-state index contributed by atoms with van der Waals surface area (Å²) in [6.45, 7) is 1.41. The summed E-state index contributed by atoms with van der Waals surface area (Å²) in [4.78, 5) is 21.7. The standard InChI is InChI=1S/C8H14O3S2.C5H10O3/c1-10-8(11-2)6(9)5-7(12-3)13-4;1-4(6)5(7-2)8-3/h5,8H,1-4H3;5H,1-3H3. The van der Waals surface area contributed by atoms with E-state index < -0.39 is 12.6 Å². The number of rotatable bonds is 9. The zero-order valence-electron chi connectivity index (χ0n) is 13.5. The summed E-state index contributed by atoms with van der Waals surface area (Å²) in [5.41, 5.74) is 0. The molecule has 0 aliphatic heterocycles. The van der Waals surface area contributed by atoms with E-state index in [1.165, 1.54) is 65.0 Å². The highest BCUT2D eigenvalue weighted by Crippen LogP contribution is 2.23. The molecule has 0 rings (SSSR count). The van der Waals surface area contributed by atoms with Gasteiger partial charge >= 0.3 is 0 Å². The summed E-state index contributed by atoms with van der Waals surface area (Å²) in [5.74, 6) is -0.279. The predicted molar refractivity (Wildman–Crippen MR) is 86.4 cm³/mol. The van der Waals surface area contributed by atoms with Crippen LogP contribution in [-0.2, 0) is 28.5 Å². The zero-order valence-corrected chi connectivity index (χ0v) is 15.1. The molecule has 0 radical (unpaired) electrons. The fourth-order valence-electron chi connectivity index (χ4n) is 1.14. The molecule has 0 saturated carbocycles.